The molecule has 0 amide bonds. The van der Waals surface area contributed by atoms with Gasteiger partial charge in [0.1, 0.15) is 0 Å². The Bertz CT molecular complexity index is 374. The fourth-order valence-electron chi connectivity index (χ4n) is 1.82. The van der Waals surface area contributed by atoms with Crippen LogP contribution < -0.4 is 5.32 Å². The number of nitriles is 1. The highest BCUT2D eigenvalue weighted by Gasteiger charge is 2.27. The molecule has 0 aliphatic heterocycles. The van der Waals surface area contributed by atoms with Gasteiger partial charge in [0.25, 0.3) is 0 Å². The molecule has 0 spiro atoms. The smallest absolute Gasteiger partial charge is 0.0995 e. The highest BCUT2D eigenvalue weighted by Crippen LogP contribution is 2.32. The number of nitrogens with one attached hydrogen (secondary N) is 1. The second-order valence-electron chi connectivity index (χ2n) is 4.28. The predicted molar refractivity (Wildman–Crippen MR) is 60.2 cm³/mol. The Balaban J connectivity index is 1.95. The van der Waals surface area contributed by atoms with Crippen LogP contribution in [0, 0.1) is 17.2 Å². The third kappa shape index (κ3) is 2.57. The van der Waals surface area contributed by atoms with Gasteiger partial charge in [-0.05, 0) is 37.3 Å². The molecule has 2 rings (SSSR count). The van der Waals surface area contributed by atoms with Gasteiger partial charge in [-0.1, -0.05) is 18.2 Å². The van der Waals surface area contributed by atoms with Crippen LogP contribution in [0.1, 0.15) is 30.9 Å². The van der Waals surface area contributed by atoms with Crippen LogP contribution in [0.2, 0.25) is 0 Å². The summed E-state index contributed by atoms with van der Waals surface area (Å²) in [6.07, 6.45) is 2.71. The molecular weight excluding hydrogens is 184 g/mol. The third-order valence-corrected chi connectivity index (χ3v) is 3.08. The Labute approximate surface area is 90.9 Å². The van der Waals surface area contributed by atoms with E-state index in [1.807, 2.05) is 24.3 Å². The molecule has 1 fully saturated rings. The second kappa shape index (κ2) is 4.46. The Hall–Kier alpha value is -1.33. The molecule has 1 aromatic carbocycles. The van der Waals surface area contributed by atoms with Crippen molar-refractivity contribution in [1.82, 2.24) is 5.32 Å². The van der Waals surface area contributed by atoms with Crippen molar-refractivity contribution in [2.75, 3.05) is 0 Å². The van der Waals surface area contributed by atoms with Crippen molar-refractivity contribution in [3.05, 3.63) is 35.4 Å². The van der Waals surface area contributed by atoms with E-state index in [1.54, 1.807) is 0 Å². The molecule has 1 atom stereocenters. The minimum absolute atomic E-state index is 0.580. The van der Waals surface area contributed by atoms with Crippen molar-refractivity contribution < 1.29 is 0 Å². The van der Waals surface area contributed by atoms with Crippen molar-refractivity contribution in [2.24, 2.45) is 5.92 Å². The number of rotatable bonds is 4. The van der Waals surface area contributed by atoms with Crippen LogP contribution in [0.15, 0.2) is 24.3 Å². The van der Waals surface area contributed by atoms with Crippen molar-refractivity contribution in [3.8, 4) is 6.07 Å². The summed E-state index contributed by atoms with van der Waals surface area (Å²) in [7, 11) is 0. The molecule has 1 aliphatic carbocycles. The van der Waals surface area contributed by atoms with Gasteiger partial charge in [-0.15, -0.1) is 0 Å². The lowest BCUT2D eigenvalue weighted by atomic mass is 10.1. The maximum atomic E-state index is 8.93. The molecule has 1 saturated carbocycles. The standard InChI is InChI=1S/C13H16N2/c1-10(11-6-7-11)15-9-13-5-3-2-4-12(13)8-14/h2-5,10-11,15H,6-7,9H2,1H3. The molecule has 0 aromatic heterocycles. The molecule has 78 valence electrons. The van der Waals surface area contributed by atoms with Gasteiger partial charge < -0.3 is 5.32 Å². The van der Waals surface area contributed by atoms with Gasteiger partial charge in [0, 0.05) is 12.6 Å². The van der Waals surface area contributed by atoms with Gasteiger partial charge >= 0.3 is 0 Å². The zero-order chi connectivity index (χ0) is 10.7. The van der Waals surface area contributed by atoms with E-state index in [4.69, 9.17) is 5.26 Å². The van der Waals surface area contributed by atoms with Gasteiger partial charge in [0.2, 0.25) is 0 Å². The average Bonchev–Trinajstić information content (AvgIpc) is 3.10. The summed E-state index contributed by atoms with van der Waals surface area (Å²) >= 11 is 0. The highest BCUT2D eigenvalue weighted by atomic mass is 14.9. The van der Waals surface area contributed by atoms with E-state index in [0.717, 1.165) is 23.6 Å². The largest absolute Gasteiger partial charge is 0.310 e. The lowest BCUT2D eigenvalue weighted by molar-refractivity contribution is 0.496. The van der Waals surface area contributed by atoms with Gasteiger partial charge in [-0.25, -0.2) is 0 Å². The van der Waals surface area contributed by atoms with Crippen LogP contribution >= 0.6 is 0 Å². The van der Waals surface area contributed by atoms with E-state index in [-0.39, 0.29) is 0 Å². The van der Waals surface area contributed by atoms with Crippen molar-refractivity contribution in [3.63, 3.8) is 0 Å². The molecule has 1 N–H and O–H groups in total. The first kappa shape index (κ1) is 10.2. The monoisotopic (exact) mass is 200 g/mol. The van der Waals surface area contributed by atoms with Crippen molar-refractivity contribution in [2.45, 2.75) is 32.4 Å². The summed E-state index contributed by atoms with van der Waals surface area (Å²) in [5, 5.41) is 12.4. The van der Waals surface area contributed by atoms with E-state index in [1.165, 1.54) is 12.8 Å². The molecular formula is C13H16N2. The van der Waals surface area contributed by atoms with Crippen LogP contribution in [0.5, 0.6) is 0 Å². The SMILES string of the molecule is CC(NCc1ccccc1C#N)C1CC1. The molecule has 1 aliphatic rings. The molecule has 0 saturated heterocycles. The summed E-state index contributed by atoms with van der Waals surface area (Å²) in [5.41, 5.74) is 1.89. The molecule has 1 unspecified atom stereocenters. The van der Waals surface area contributed by atoms with Crippen LogP contribution in [-0.4, -0.2) is 6.04 Å². The van der Waals surface area contributed by atoms with Crippen LogP contribution in [0.3, 0.4) is 0 Å². The lowest BCUT2D eigenvalue weighted by Gasteiger charge is -2.13. The Morgan fingerprint density at radius 3 is 2.87 bits per heavy atom. The Morgan fingerprint density at radius 1 is 1.47 bits per heavy atom. The predicted octanol–water partition coefficient (Wildman–Crippen LogP) is 2.45. The van der Waals surface area contributed by atoms with Crippen molar-refractivity contribution >= 4 is 0 Å². The third-order valence-electron chi connectivity index (χ3n) is 3.08. The van der Waals surface area contributed by atoms with Crippen molar-refractivity contribution in [1.29, 1.82) is 5.26 Å². The summed E-state index contributed by atoms with van der Waals surface area (Å²) in [4.78, 5) is 0. The minimum Gasteiger partial charge on any atom is -0.310 e. The second-order valence-corrected chi connectivity index (χ2v) is 4.28. The fourth-order valence-corrected chi connectivity index (χ4v) is 1.82. The first-order chi connectivity index (χ1) is 7.31. The van der Waals surface area contributed by atoms with Crippen LogP contribution in [-0.2, 0) is 6.54 Å². The van der Waals surface area contributed by atoms with E-state index in [2.05, 4.69) is 18.3 Å². The molecule has 2 heteroatoms. The topological polar surface area (TPSA) is 35.8 Å². The van der Waals surface area contributed by atoms with E-state index in [9.17, 15) is 0 Å². The summed E-state index contributed by atoms with van der Waals surface area (Å²) in [6, 6.07) is 10.6. The summed E-state index contributed by atoms with van der Waals surface area (Å²) in [6.45, 7) is 3.04. The Kier molecular flexibility index (Phi) is 3.03. The van der Waals surface area contributed by atoms with Gasteiger partial charge in [0.15, 0.2) is 0 Å². The maximum Gasteiger partial charge on any atom is 0.0995 e. The quantitative estimate of drug-likeness (QED) is 0.810. The first-order valence-electron chi connectivity index (χ1n) is 5.52. The molecule has 15 heavy (non-hydrogen) atoms. The maximum absolute atomic E-state index is 8.93. The lowest BCUT2D eigenvalue weighted by Crippen LogP contribution is -2.27. The molecule has 0 radical (unpaired) electrons. The molecule has 1 aromatic rings. The summed E-state index contributed by atoms with van der Waals surface area (Å²) < 4.78 is 0. The highest BCUT2D eigenvalue weighted by molar-refractivity contribution is 5.37. The first-order valence-corrected chi connectivity index (χ1v) is 5.52. The Morgan fingerprint density at radius 2 is 2.20 bits per heavy atom. The van der Waals surface area contributed by atoms with E-state index >= 15 is 0 Å². The number of hydrogen-bond acceptors (Lipinski definition) is 2. The molecule has 0 heterocycles. The number of hydrogen-bond donors (Lipinski definition) is 1. The van der Waals surface area contributed by atoms with Gasteiger partial charge in [-0.3, -0.25) is 0 Å². The zero-order valence-corrected chi connectivity index (χ0v) is 9.03. The molecule has 2 nitrogen and oxygen atoms in total. The summed E-state index contributed by atoms with van der Waals surface area (Å²) in [5.74, 6) is 0.860. The fraction of sp³-hybridized carbons (Fsp3) is 0.462. The minimum atomic E-state index is 0.580. The van der Waals surface area contributed by atoms with Gasteiger partial charge in [0.05, 0.1) is 11.6 Å². The molecule has 0 bridgehead atoms. The normalized spacial score (nSPS) is 17.1. The van der Waals surface area contributed by atoms with Crippen LogP contribution in [0.4, 0.5) is 0 Å². The van der Waals surface area contributed by atoms with Crippen LogP contribution in [0.25, 0.3) is 0 Å². The van der Waals surface area contributed by atoms with Gasteiger partial charge in [-0.2, -0.15) is 5.26 Å². The number of benzene rings is 1. The zero-order valence-electron chi connectivity index (χ0n) is 9.03. The van der Waals surface area contributed by atoms with E-state index < -0.39 is 0 Å². The average molecular weight is 200 g/mol. The number of nitrogens with zero attached hydrogens (tertiary/aromatic N) is 1. The van der Waals surface area contributed by atoms with E-state index in [0.29, 0.717) is 6.04 Å².